The van der Waals surface area contributed by atoms with Crippen LogP contribution in [0.1, 0.15) is 32.1 Å². The summed E-state index contributed by atoms with van der Waals surface area (Å²) in [6.07, 6.45) is 0. The molecular formula is C18H21ClN4O2. The van der Waals surface area contributed by atoms with E-state index in [1.165, 1.54) is 0 Å². The number of amides is 2. The Labute approximate surface area is 152 Å². The maximum Gasteiger partial charge on any atom is 0.257 e. The number of nitrogens with zero attached hydrogens (tertiary/aromatic N) is 4. The van der Waals surface area contributed by atoms with Crippen LogP contribution in [0.5, 0.6) is 0 Å². The lowest BCUT2D eigenvalue weighted by Crippen LogP contribution is -2.50. The molecule has 25 heavy (non-hydrogen) atoms. The summed E-state index contributed by atoms with van der Waals surface area (Å²) >= 11 is 5.96. The zero-order chi connectivity index (χ0) is 18.1. The molecule has 0 unspecified atom stereocenters. The maximum atomic E-state index is 12.8. The van der Waals surface area contributed by atoms with Crippen molar-refractivity contribution in [2.75, 3.05) is 26.2 Å². The molecule has 1 aromatic heterocycles. The van der Waals surface area contributed by atoms with Crippen LogP contribution >= 0.6 is 11.6 Å². The highest BCUT2D eigenvalue weighted by Gasteiger charge is 2.28. The highest BCUT2D eigenvalue weighted by Crippen LogP contribution is 2.18. The summed E-state index contributed by atoms with van der Waals surface area (Å²) in [5.41, 5.74) is 2.84. The van der Waals surface area contributed by atoms with Crippen LogP contribution in [0.2, 0.25) is 5.02 Å². The first kappa shape index (κ1) is 17.5. The van der Waals surface area contributed by atoms with Gasteiger partial charge in [0.25, 0.3) is 11.8 Å². The summed E-state index contributed by atoms with van der Waals surface area (Å²) in [6, 6.07) is 6.94. The molecule has 3 rings (SSSR count). The number of halogens is 1. The Morgan fingerprint density at radius 3 is 2.16 bits per heavy atom. The third kappa shape index (κ3) is 3.39. The zero-order valence-corrected chi connectivity index (χ0v) is 15.4. The third-order valence-corrected chi connectivity index (χ3v) is 4.88. The van der Waals surface area contributed by atoms with Gasteiger partial charge in [-0.15, -0.1) is 0 Å². The van der Waals surface area contributed by atoms with E-state index in [1.54, 1.807) is 38.7 Å². The van der Waals surface area contributed by atoms with Gasteiger partial charge in [0.05, 0.1) is 11.3 Å². The van der Waals surface area contributed by atoms with Crippen molar-refractivity contribution in [2.45, 2.75) is 13.8 Å². The standard InChI is InChI=1S/C18H21ClN4O2/c1-12-16(13(2)21(3)20-12)18(25)23-9-7-22(8-10-23)17(24)14-5-4-6-15(19)11-14/h4-6,11H,7-10H2,1-3H3. The van der Waals surface area contributed by atoms with Crippen LogP contribution in [-0.2, 0) is 7.05 Å². The predicted molar refractivity (Wildman–Crippen MR) is 95.9 cm³/mol. The average molecular weight is 361 g/mol. The highest BCUT2D eigenvalue weighted by molar-refractivity contribution is 6.30. The largest absolute Gasteiger partial charge is 0.335 e. The number of carbonyl (C=O) groups is 2. The molecule has 6 nitrogen and oxygen atoms in total. The summed E-state index contributed by atoms with van der Waals surface area (Å²) in [6.45, 7) is 5.79. The van der Waals surface area contributed by atoms with Crippen molar-refractivity contribution >= 4 is 23.4 Å². The average Bonchev–Trinajstić information content (AvgIpc) is 2.86. The van der Waals surface area contributed by atoms with E-state index in [9.17, 15) is 9.59 Å². The minimum absolute atomic E-state index is 0.0158. The van der Waals surface area contributed by atoms with Gasteiger partial charge in [0, 0.05) is 49.5 Å². The van der Waals surface area contributed by atoms with Crippen molar-refractivity contribution in [3.63, 3.8) is 0 Å². The van der Waals surface area contributed by atoms with Crippen LogP contribution in [0.25, 0.3) is 0 Å². The van der Waals surface area contributed by atoms with Crippen LogP contribution < -0.4 is 0 Å². The topological polar surface area (TPSA) is 58.4 Å². The molecule has 2 aromatic rings. The van der Waals surface area contributed by atoms with E-state index >= 15 is 0 Å². The summed E-state index contributed by atoms with van der Waals surface area (Å²) < 4.78 is 1.72. The van der Waals surface area contributed by atoms with Gasteiger partial charge in [0.15, 0.2) is 0 Å². The van der Waals surface area contributed by atoms with E-state index in [0.29, 0.717) is 42.3 Å². The SMILES string of the molecule is Cc1nn(C)c(C)c1C(=O)N1CCN(C(=O)c2cccc(Cl)c2)CC1. The molecule has 1 aromatic carbocycles. The number of hydrogen-bond acceptors (Lipinski definition) is 3. The number of hydrogen-bond donors (Lipinski definition) is 0. The van der Waals surface area contributed by atoms with E-state index in [4.69, 9.17) is 11.6 Å². The molecule has 0 saturated carbocycles. The minimum atomic E-state index is -0.0525. The molecule has 2 amide bonds. The molecule has 7 heteroatoms. The molecule has 1 saturated heterocycles. The smallest absolute Gasteiger partial charge is 0.257 e. The molecule has 2 heterocycles. The Balaban J connectivity index is 1.67. The predicted octanol–water partition coefficient (Wildman–Crippen LogP) is 2.29. The molecule has 0 aliphatic carbocycles. The van der Waals surface area contributed by atoms with Crippen molar-refractivity contribution in [2.24, 2.45) is 7.05 Å². The van der Waals surface area contributed by atoms with Crippen molar-refractivity contribution in [1.82, 2.24) is 19.6 Å². The van der Waals surface area contributed by atoms with E-state index < -0.39 is 0 Å². The van der Waals surface area contributed by atoms with Crippen LogP contribution in [0.15, 0.2) is 24.3 Å². The molecule has 0 atom stereocenters. The summed E-state index contributed by atoms with van der Waals surface area (Å²) in [7, 11) is 1.83. The zero-order valence-electron chi connectivity index (χ0n) is 14.6. The Hall–Kier alpha value is -2.34. The van der Waals surface area contributed by atoms with E-state index in [-0.39, 0.29) is 11.8 Å². The Kier molecular flexibility index (Phi) is 4.81. The minimum Gasteiger partial charge on any atom is -0.335 e. The summed E-state index contributed by atoms with van der Waals surface area (Å²) in [5.74, 6) is -0.0682. The Morgan fingerprint density at radius 2 is 1.64 bits per heavy atom. The quantitative estimate of drug-likeness (QED) is 0.825. The van der Waals surface area contributed by atoms with Crippen LogP contribution in [0.3, 0.4) is 0 Å². The summed E-state index contributed by atoms with van der Waals surface area (Å²) in [4.78, 5) is 28.9. The molecule has 1 aliphatic rings. The van der Waals surface area contributed by atoms with Gasteiger partial charge in [-0.3, -0.25) is 14.3 Å². The monoisotopic (exact) mass is 360 g/mol. The molecule has 0 N–H and O–H groups in total. The van der Waals surface area contributed by atoms with E-state index in [2.05, 4.69) is 5.10 Å². The summed E-state index contributed by atoms with van der Waals surface area (Å²) in [5, 5.41) is 4.85. The lowest BCUT2D eigenvalue weighted by Gasteiger charge is -2.35. The van der Waals surface area contributed by atoms with Crippen LogP contribution in [0.4, 0.5) is 0 Å². The molecule has 1 fully saturated rings. The molecule has 132 valence electrons. The van der Waals surface area contributed by atoms with Crippen molar-refractivity contribution in [3.8, 4) is 0 Å². The number of piperazine rings is 1. The molecule has 1 aliphatic heterocycles. The second-order valence-electron chi connectivity index (χ2n) is 6.26. The van der Waals surface area contributed by atoms with Crippen molar-refractivity contribution < 1.29 is 9.59 Å². The Morgan fingerprint density at radius 1 is 1.04 bits per heavy atom. The number of benzene rings is 1. The van der Waals surface area contributed by atoms with E-state index in [0.717, 1.165) is 11.4 Å². The molecular weight excluding hydrogens is 340 g/mol. The lowest BCUT2D eigenvalue weighted by atomic mass is 10.1. The van der Waals surface area contributed by atoms with Gasteiger partial charge in [0.2, 0.25) is 0 Å². The molecule has 0 spiro atoms. The van der Waals surface area contributed by atoms with Gasteiger partial charge in [0.1, 0.15) is 0 Å². The Bertz CT molecular complexity index is 822. The molecule has 0 radical (unpaired) electrons. The van der Waals surface area contributed by atoms with Crippen molar-refractivity contribution in [1.29, 1.82) is 0 Å². The third-order valence-electron chi connectivity index (χ3n) is 4.65. The lowest BCUT2D eigenvalue weighted by molar-refractivity contribution is 0.0534. The van der Waals surface area contributed by atoms with Crippen LogP contribution in [-0.4, -0.2) is 57.6 Å². The first-order valence-electron chi connectivity index (χ1n) is 8.23. The van der Waals surface area contributed by atoms with Gasteiger partial charge in [-0.2, -0.15) is 5.10 Å². The fraction of sp³-hybridized carbons (Fsp3) is 0.389. The van der Waals surface area contributed by atoms with Gasteiger partial charge in [-0.05, 0) is 32.0 Å². The second-order valence-corrected chi connectivity index (χ2v) is 6.70. The fourth-order valence-electron chi connectivity index (χ4n) is 3.16. The molecule has 0 bridgehead atoms. The second kappa shape index (κ2) is 6.88. The number of aryl methyl sites for hydroxylation is 2. The maximum absolute atomic E-state index is 12.8. The van der Waals surface area contributed by atoms with E-state index in [1.807, 2.05) is 20.9 Å². The van der Waals surface area contributed by atoms with Crippen LogP contribution in [0, 0.1) is 13.8 Å². The van der Waals surface area contributed by atoms with Gasteiger partial charge in [-0.1, -0.05) is 17.7 Å². The van der Waals surface area contributed by atoms with Crippen molar-refractivity contribution in [3.05, 3.63) is 51.8 Å². The van der Waals surface area contributed by atoms with Gasteiger partial charge < -0.3 is 9.80 Å². The number of aromatic nitrogens is 2. The normalized spacial score (nSPS) is 14.7. The number of rotatable bonds is 2. The fourth-order valence-corrected chi connectivity index (χ4v) is 3.35. The number of carbonyl (C=O) groups excluding carboxylic acids is 2. The first-order chi connectivity index (χ1) is 11.9. The van der Waals surface area contributed by atoms with Gasteiger partial charge >= 0.3 is 0 Å². The highest BCUT2D eigenvalue weighted by atomic mass is 35.5. The van der Waals surface area contributed by atoms with Gasteiger partial charge in [-0.25, -0.2) is 0 Å². The first-order valence-corrected chi connectivity index (χ1v) is 8.60.